The number of hydrogen-bond donors (Lipinski definition) is 1. The summed E-state index contributed by atoms with van der Waals surface area (Å²) in [5.41, 5.74) is 10.8. The van der Waals surface area contributed by atoms with Crippen LogP contribution >= 0.6 is 0 Å². The predicted octanol–water partition coefficient (Wildman–Crippen LogP) is 3.14. The zero-order valence-electron chi connectivity index (χ0n) is 10.7. The minimum Gasteiger partial charge on any atom is -0.402 e. The number of rotatable bonds is 1. The van der Waals surface area contributed by atoms with E-state index >= 15 is 0 Å². The summed E-state index contributed by atoms with van der Waals surface area (Å²) in [5.74, 6) is 0. The van der Waals surface area contributed by atoms with Crippen molar-refractivity contribution in [2.45, 2.75) is 13.3 Å². The Kier molecular flexibility index (Phi) is 3.23. The summed E-state index contributed by atoms with van der Waals surface area (Å²) in [5, 5.41) is 18.2. The molecule has 0 saturated heterocycles. The molecule has 0 aliphatic heterocycles. The lowest BCUT2D eigenvalue weighted by atomic mass is 9.99. The molecule has 0 unspecified atom stereocenters. The topological polar surface area (TPSA) is 73.6 Å². The molecule has 1 aromatic carbocycles. The molecule has 92 valence electrons. The van der Waals surface area contributed by atoms with Gasteiger partial charge >= 0.3 is 0 Å². The quantitative estimate of drug-likeness (QED) is 0.775. The van der Waals surface area contributed by atoms with Gasteiger partial charge in [0.1, 0.15) is 17.7 Å². The Morgan fingerprint density at radius 3 is 2.16 bits per heavy atom. The lowest BCUT2D eigenvalue weighted by molar-refractivity contribution is 1.07. The second-order valence-corrected chi connectivity index (χ2v) is 4.25. The Hall–Kier alpha value is -2.78. The van der Waals surface area contributed by atoms with Gasteiger partial charge in [-0.3, -0.25) is 0 Å². The van der Waals surface area contributed by atoms with E-state index in [1.165, 1.54) is 0 Å². The molecule has 0 spiro atoms. The highest BCUT2D eigenvalue weighted by atomic mass is 14.6. The molecule has 0 fully saturated rings. The van der Waals surface area contributed by atoms with Crippen LogP contribution in [0.1, 0.15) is 24.5 Å². The second kappa shape index (κ2) is 4.84. The Labute approximate surface area is 112 Å². The highest BCUT2D eigenvalue weighted by Crippen LogP contribution is 2.46. The zero-order valence-corrected chi connectivity index (χ0v) is 10.7. The molecule has 0 radical (unpaired) electrons. The molecule has 1 aromatic rings. The van der Waals surface area contributed by atoms with Gasteiger partial charge in [-0.1, -0.05) is 37.8 Å². The van der Waals surface area contributed by atoms with Crippen LogP contribution in [0, 0.1) is 22.7 Å². The zero-order chi connectivity index (χ0) is 14.0. The van der Waals surface area contributed by atoms with E-state index in [2.05, 4.69) is 6.58 Å². The van der Waals surface area contributed by atoms with Gasteiger partial charge in [-0.15, -0.1) is 0 Å². The lowest BCUT2D eigenvalue weighted by Crippen LogP contribution is -1.99. The Balaban J connectivity index is 2.87. The maximum absolute atomic E-state index is 9.09. The van der Waals surface area contributed by atoms with Crippen LogP contribution in [0.25, 0.3) is 11.1 Å². The van der Waals surface area contributed by atoms with Gasteiger partial charge in [0.15, 0.2) is 0 Å². The third-order valence-electron chi connectivity index (χ3n) is 3.24. The van der Waals surface area contributed by atoms with Gasteiger partial charge in [0, 0.05) is 16.8 Å². The summed E-state index contributed by atoms with van der Waals surface area (Å²) in [7, 11) is 0. The Morgan fingerprint density at radius 2 is 1.68 bits per heavy atom. The van der Waals surface area contributed by atoms with Gasteiger partial charge in [-0.05, 0) is 23.1 Å². The highest BCUT2D eigenvalue weighted by Gasteiger charge is 2.29. The predicted molar refractivity (Wildman–Crippen MR) is 75.1 cm³/mol. The molecule has 2 rings (SSSR count). The molecule has 2 N–H and O–H groups in total. The fraction of sp³-hybridized carbons (Fsp3) is 0.125. The largest absolute Gasteiger partial charge is 0.402 e. The molecule has 1 aliphatic rings. The summed E-state index contributed by atoms with van der Waals surface area (Å²) in [4.78, 5) is 0. The number of nitrogens with zero attached hydrogens (tertiary/aromatic N) is 2. The third kappa shape index (κ3) is 1.82. The molecule has 0 atom stereocenters. The van der Waals surface area contributed by atoms with Gasteiger partial charge < -0.3 is 5.73 Å². The van der Waals surface area contributed by atoms with Crippen molar-refractivity contribution >= 4 is 11.1 Å². The SMILES string of the molecule is C=C1C(=C(C#N)C#N)c2ccccc2/C1=C(/N)CC. The number of fused-ring (bicyclic) bond motifs is 1. The van der Waals surface area contributed by atoms with Crippen LogP contribution in [-0.4, -0.2) is 0 Å². The van der Waals surface area contributed by atoms with Gasteiger partial charge in [0.25, 0.3) is 0 Å². The maximum Gasteiger partial charge on any atom is 0.138 e. The first kappa shape index (κ1) is 12.7. The average Bonchev–Trinajstić information content (AvgIpc) is 2.73. The average molecular weight is 247 g/mol. The first-order valence-corrected chi connectivity index (χ1v) is 5.98. The van der Waals surface area contributed by atoms with Crippen LogP contribution in [-0.2, 0) is 0 Å². The summed E-state index contributed by atoms with van der Waals surface area (Å²) < 4.78 is 0. The van der Waals surface area contributed by atoms with Crippen molar-refractivity contribution in [3.05, 3.63) is 58.8 Å². The number of benzene rings is 1. The van der Waals surface area contributed by atoms with Crippen LogP contribution in [0.5, 0.6) is 0 Å². The number of nitrogens with two attached hydrogens (primary N) is 1. The van der Waals surface area contributed by atoms with Crippen molar-refractivity contribution in [1.82, 2.24) is 0 Å². The highest BCUT2D eigenvalue weighted by molar-refractivity contribution is 6.10. The molecule has 3 nitrogen and oxygen atoms in total. The van der Waals surface area contributed by atoms with Crippen molar-refractivity contribution in [1.29, 1.82) is 10.5 Å². The summed E-state index contributed by atoms with van der Waals surface area (Å²) in [6.45, 7) is 5.99. The summed E-state index contributed by atoms with van der Waals surface area (Å²) >= 11 is 0. The van der Waals surface area contributed by atoms with Gasteiger partial charge in [-0.25, -0.2) is 0 Å². The van der Waals surface area contributed by atoms with E-state index < -0.39 is 0 Å². The summed E-state index contributed by atoms with van der Waals surface area (Å²) in [6.07, 6.45) is 0.699. The first-order chi connectivity index (χ1) is 9.15. The van der Waals surface area contributed by atoms with Crippen LogP contribution in [0.3, 0.4) is 0 Å². The van der Waals surface area contributed by atoms with Gasteiger partial charge in [-0.2, -0.15) is 10.5 Å². The molecular formula is C16H13N3. The fourth-order valence-corrected chi connectivity index (χ4v) is 2.34. The van der Waals surface area contributed by atoms with E-state index in [4.69, 9.17) is 16.3 Å². The van der Waals surface area contributed by atoms with Crippen LogP contribution < -0.4 is 5.73 Å². The normalized spacial score (nSPS) is 15.5. The van der Waals surface area contributed by atoms with Crippen molar-refractivity contribution < 1.29 is 0 Å². The summed E-state index contributed by atoms with van der Waals surface area (Å²) in [6, 6.07) is 11.5. The first-order valence-electron chi connectivity index (χ1n) is 5.98. The molecule has 19 heavy (non-hydrogen) atoms. The van der Waals surface area contributed by atoms with Crippen molar-refractivity contribution in [3.8, 4) is 12.1 Å². The Bertz CT molecular complexity index is 690. The molecule has 0 bridgehead atoms. The van der Waals surface area contributed by atoms with E-state index in [1.807, 2.05) is 43.3 Å². The minimum absolute atomic E-state index is 0.0800. The second-order valence-electron chi connectivity index (χ2n) is 4.25. The lowest BCUT2D eigenvalue weighted by Gasteiger charge is -2.06. The van der Waals surface area contributed by atoms with Crippen LogP contribution in [0.2, 0.25) is 0 Å². The van der Waals surface area contributed by atoms with E-state index in [0.717, 1.165) is 22.4 Å². The molecule has 1 aliphatic carbocycles. The van der Waals surface area contributed by atoms with Crippen molar-refractivity contribution in [3.63, 3.8) is 0 Å². The fourth-order valence-electron chi connectivity index (χ4n) is 2.34. The molecule has 0 amide bonds. The van der Waals surface area contributed by atoms with E-state index in [0.29, 0.717) is 17.6 Å². The number of hydrogen-bond acceptors (Lipinski definition) is 3. The third-order valence-corrected chi connectivity index (χ3v) is 3.24. The van der Waals surface area contributed by atoms with Crippen molar-refractivity contribution in [2.75, 3.05) is 0 Å². The van der Waals surface area contributed by atoms with E-state index in [-0.39, 0.29) is 5.57 Å². The Morgan fingerprint density at radius 1 is 1.16 bits per heavy atom. The minimum atomic E-state index is 0.0800. The molecule has 0 aromatic heterocycles. The van der Waals surface area contributed by atoms with Crippen LogP contribution in [0.15, 0.2) is 47.7 Å². The molecule has 0 saturated carbocycles. The number of nitriles is 2. The number of allylic oxidation sites excluding steroid dienone is 5. The maximum atomic E-state index is 9.09. The van der Waals surface area contributed by atoms with Gasteiger partial charge in [0.05, 0.1) is 0 Å². The molecule has 0 heterocycles. The van der Waals surface area contributed by atoms with Crippen LogP contribution in [0.4, 0.5) is 0 Å². The monoisotopic (exact) mass is 247 g/mol. The van der Waals surface area contributed by atoms with E-state index in [1.54, 1.807) is 0 Å². The standard InChI is InChI=1S/C16H13N3/c1-3-14(19)16-10(2)15(11(8-17)9-18)12-6-4-5-7-13(12)16/h4-7H,2-3,19H2,1H3/b16-14+. The van der Waals surface area contributed by atoms with Crippen molar-refractivity contribution in [2.24, 2.45) is 5.73 Å². The molecule has 3 heteroatoms. The van der Waals surface area contributed by atoms with E-state index in [9.17, 15) is 0 Å². The van der Waals surface area contributed by atoms with Gasteiger partial charge in [0.2, 0.25) is 0 Å². The molecular weight excluding hydrogens is 234 g/mol. The smallest absolute Gasteiger partial charge is 0.138 e.